The average molecular weight is 373 g/mol. The van der Waals surface area contributed by atoms with Crippen LogP contribution in [0, 0.1) is 0 Å². The van der Waals surface area contributed by atoms with Crippen molar-refractivity contribution in [3.05, 3.63) is 18.2 Å². The van der Waals surface area contributed by atoms with Gasteiger partial charge in [-0.3, -0.25) is 4.79 Å². The Morgan fingerprint density at radius 2 is 2.21 bits per heavy atom. The molecular formula is C16H24N2O4S2. The predicted molar refractivity (Wildman–Crippen MR) is 96.1 cm³/mol. The van der Waals surface area contributed by atoms with Crippen LogP contribution in [0.4, 0.5) is 5.69 Å². The van der Waals surface area contributed by atoms with Gasteiger partial charge < -0.3 is 9.64 Å². The Hall–Kier alpha value is -1.09. The summed E-state index contributed by atoms with van der Waals surface area (Å²) in [6.45, 7) is 5.49. The van der Waals surface area contributed by atoms with E-state index in [1.807, 2.05) is 6.92 Å². The first-order valence-corrected chi connectivity index (χ1v) is 10.5. The number of benzene rings is 1. The number of hydrogen-bond acceptors (Lipinski definition) is 5. The lowest BCUT2D eigenvalue weighted by atomic mass is 10.2. The molecule has 0 radical (unpaired) electrons. The number of hydrogen-bond donors (Lipinski definition) is 1. The Morgan fingerprint density at radius 3 is 2.92 bits per heavy atom. The van der Waals surface area contributed by atoms with Crippen LogP contribution in [-0.2, 0) is 19.6 Å². The second-order valence-corrected chi connectivity index (χ2v) is 8.35. The van der Waals surface area contributed by atoms with Crippen LogP contribution in [0.25, 0.3) is 0 Å². The average Bonchev–Trinajstić information content (AvgIpc) is 2.76. The lowest BCUT2D eigenvalue weighted by Gasteiger charge is -2.21. The lowest BCUT2D eigenvalue weighted by Crippen LogP contribution is -2.30. The van der Waals surface area contributed by atoms with E-state index in [9.17, 15) is 13.2 Å². The van der Waals surface area contributed by atoms with E-state index < -0.39 is 10.0 Å². The second-order valence-electron chi connectivity index (χ2n) is 5.45. The molecule has 0 saturated carbocycles. The molecular weight excluding hydrogens is 348 g/mol. The minimum atomic E-state index is -3.59. The molecule has 1 N–H and O–H groups in total. The Labute approximate surface area is 148 Å². The van der Waals surface area contributed by atoms with E-state index in [0.29, 0.717) is 38.4 Å². The fourth-order valence-corrected chi connectivity index (χ4v) is 4.53. The van der Waals surface area contributed by atoms with Crippen LogP contribution in [0.2, 0.25) is 0 Å². The molecule has 0 aromatic heterocycles. The van der Waals surface area contributed by atoms with E-state index in [4.69, 9.17) is 4.74 Å². The number of nitrogens with zero attached hydrogens (tertiary/aromatic N) is 1. The van der Waals surface area contributed by atoms with Crippen LogP contribution in [0.3, 0.4) is 0 Å². The monoisotopic (exact) mass is 372 g/mol. The molecule has 1 aliphatic heterocycles. The van der Waals surface area contributed by atoms with Gasteiger partial charge >= 0.3 is 0 Å². The van der Waals surface area contributed by atoms with Crippen molar-refractivity contribution in [1.29, 1.82) is 0 Å². The van der Waals surface area contributed by atoms with Gasteiger partial charge in [-0.2, -0.15) is 0 Å². The Balaban J connectivity index is 2.18. The van der Waals surface area contributed by atoms with Crippen molar-refractivity contribution in [3.63, 3.8) is 0 Å². The number of anilines is 1. The molecule has 0 unspecified atom stereocenters. The van der Waals surface area contributed by atoms with Crippen LogP contribution in [0.1, 0.15) is 26.7 Å². The highest BCUT2D eigenvalue weighted by Crippen LogP contribution is 2.35. The van der Waals surface area contributed by atoms with Gasteiger partial charge in [0.05, 0.1) is 10.6 Å². The van der Waals surface area contributed by atoms with Crippen molar-refractivity contribution in [2.75, 3.05) is 37.0 Å². The van der Waals surface area contributed by atoms with Gasteiger partial charge in [0.2, 0.25) is 15.9 Å². The maximum absolute atomic E-state index is 12.5. The van der Waals surface area contributed by atoms with Crippen molar-refractivity contribution in [3.8, 4) is 0 Å². The van der Waals surface area contributed by atoms with Gasteiger partial charge in [0.1, 0.15) is 0 Å². The molecule has 1 aromatic carbocycles. The van der Waals surface area contributed by atoms with Crippen molar-refractivity contribution in [2.24, 2.45) is 0 Å². The third kappa shape index (κ3) is 4.95. The summed E-state index contributed by atoms with van der Waals surface area (Å²) < 4.78 is 32.7. The summed E-state index contributed by atoms with van der Waals surface area (Å²) in [5.41, 5.74) is 0.683. The molecule has 1 aromatic rings. The molecule has 0 spiro atoms. The number of fused-ring (bicyclic) bond motifs is 1. The molecule has 0 saturated heterocycles. The summed E-state index contributed by atoms with van der Waals surface area (Å²) in [5.74, 6) is 0.844. The summed E-state index contributed by atoms with van der Waals surface area (Å²) >= 11 is 1.65. The van der Waals surface area contributed by atoms with Crippen molar-refractivity contribution in [1.82, 2.24) is 4.72 Å². The number of rotatable bonds is 7. The third-order valence-electron chi connectivity index (χ3n) is 3.66. The molecule has 2 rings (SSSR count). The van der Waals surface area contributed by atoms with E-state index in [-0.39, 0.29) is 10.8 Å². The fraction of sp³-hybridized carbons (Fsp3) is 0.562. The van der Waals surface area contributed by atoms with Crippen molar-refractivity contribution in [2.45, 2.75) is 36.5 Å². The number of nitrogens with one attached hydrogen (secondary N) is 1. The number of sulfonamides is 1. The molecule has 134 valence electrons. The van der Waals surface area contributed by atoms with Gasteiger partial charge in [0.15, 0.2) is 0 Å². The van der Waals surface area contributed by atoms with E-state index in [2.05, 4.69) is 4.72 Å². The first-order chi connectivity index (χ1) is 11.5. The van der Waals surface area contributed by atoms with Crippen LogP contribution in [-0.4, -0.2) is 46.4 Å². The molecule has 0 bridgehead atoms. The van der Waals surface area contributed by atoms with Crippen LogP contribution in [0.15, 0.2) is 28.0 Å². The molecule has 0 fully saturated rings. The molecule has 8 heteroatoms. The van der Waals surface area contributed by atoms with E-state index in [1.54, 1.807) is 34.9 Å². The normalized spacial score (nSPS) is 15.0. The smallest absolute Gasteiger partial charge is 0.240 e. The van der Waals surface area contributed by atoms with Gasteiger partial charge in [-0.15, -0.1) is 11.8 Å². The maximum Gasteiger partial charge on any atom is 0.240 e. The number of thioether (sulfide) groups is 1. The number of carbonyl (C=O) groups is 1. The molecule has 0 aliphatic carbocycles. The van der Waals surface area contributed by atoms with Crippen LogP contribution >= 0.6 is 11.8 Å². The number of amides is 1. The first kappa shape index (κ1) is 19.2. The predicted octanol–water partition coefficient (Wildman–Crippen LogP) is 2.24. The lowest BCUT2D eigenvalue weighted by molar-refractivity contribution is -0.116. The fourth-order valence-electron chi connectivity index (χ4n) is 2.46. The van der Waals surface area contributed by atoms with E-state index in [0.717, 1.165) is 17.1 Å². The van der Waals surface area contributed by atoms with Crippen LogP contribution in [0.5, 0.6) is 0 Å². The van der Waals surface area contributed by atoms with Crippen LogP contribution < -0.4 is 9.62 Å². The zero-order valence-corrected chi connectivity index (χ0v) is 15.7. The van der Waals surface area contributed by atoms with Gasteiger partial charge in [-0.05, 0) is 43.7 Å². The summed E-state index contributed by atoms with van der Waals surface area (Å²) in [6.07, 6.45) is 1.50. The minimum Gasteiger partial charge on any atom is -0.382 e. The molecule has 6 nitrogen and oxygen atoms in total. The largest absolute Gasteiger partial charge is 0.382 e. The highest BCUT2D eigenvalue weighted by atomic mass is 32.2. The number of ether oxygens (including phenoxy) is 1. The Bertz CT molecular complexity index is 677. The molecule has 1 aliphatic rings. The Kier molecular flexibility index (Phi) is 7.09. The summed E-state index contributed by atoms with van der Waals surface area (Å²) in [7, 11) is -3.59. The molecule has 1 heterocycles. The van der Waals surface area contributed by atoms with Gasteiger partial charge in [0.25, 0.3) is 0 Å². The van der Waals surface area contributed by atoms with Gasteiger partial charge in [-0.25, -0.2) is 13.1 Å². The minimum absolute atomic E-state index is 0.0713. The first-order valence-electron chi connectivity index (χ1n) is 8.08. The highest BCUT2D eigenvalue weighted by molar-refractivity contribution is 7.99. The van der Waals surface area contributed by atoms with E-state index in [1.165, 1.54) is 6.92 Å². The number of carbonyl (C=O) groups excluding carboxylic acids is 1. The standard InChI is InChI=1S/C16H24N2O4S2/c1-3-22-10-4-8-17-24(20,21)14-6-7-16-15(12-14)18(13(2)19)9-5-11-23-16/h6-7,12,17H,3-5,8-11H2,1-2H3. The van der Waals surface area contributed by atoms with Gasteiger partial charge in [-0.1, -0.05) is 0 Å². The van der Waals surface area contributed by atoms with Crippen molar-refractivity contribution >= 4 is 33.4 Å². The third-order valence-corrected chi connectivity index (χ3v) is 6.26. The summed E-state index contributed by atoms with van der Waals surface area (Å²) in [6, 6.07) is 4.98. The quantitative estimate of drug-likeness (QED) is 0.743. The molecule has 24 heavy (non-hydrogen) atoms. The van der Waals surface area contributed by atoms with Crippen molar-refractivity contribution < 1.29 is 17.9 Å². The molecule has 0 atom stereocenters. The highest BCUT2D eigenvalue weighted by Gasteiger charge is 2.22. The molecule has 1 amide bonds. The summed E-state index contributed by atoms with van der Waals surface area (Å²) in [4.78, 5) is 14.7. The summed E-state index contributed by atoms with van der Waals surface area (Å²) in [5, 5.41) is 0. The Morgan fingerprint density at radius 1 is 1.42 bits per heavy atom. The van der Waals surface area contributed by atoms with E-state index >= 15 is 0 Å². The zero-order valence-electron chi connectivity index (χ0n) is 14.1. The zero-order chi connectivity index (χ0) is 17.6. The maximum atomic E-state index is 12.5. The second kappa shape index (κ2) is 8.84. The van der Waals surface area contributed by atoms with Gasteiger partial charge in [0, 0.05) is 38.1 Å². The SMILES string of the molecule is CCOCCCNS(=O)(=O)c1ccc2c(c1)N(C(C)=O)CCCS2. The topological polar surface area (TPSA) is 75.7 Å².